The van der Waals surface area contributed by atoms with Crippen LogP contribution in [0, 0.1) is 0 Å². The minimum atomic E-state index is -4.81. The molecule has 0 aliphatic heterocycles. The van der Waals surface area contributed by atoms with E-state index in [1.54, 1.807) is 0 Å². The van der Waals surface area contributed by atoms with Gasteiger partial charge < -0.3 is 10.6 Å². The number of aromatic nitrogens is 1. The molecule has 1 aromatic carbocycles. The van der Waals surface area contributed by atoms with Crippen LogP contribution in [0.4, 0.5) is 23.0 Å². The molecule has 2 aromatic rings. The highest BCUT2D eigenvalue weighted by atomic mass is 32.2. The predicted octanol–water partition coefficient (Wildman–Crippen LogP) is 1.52. The smallest absolute Gasteiger partial charge is 0.296 e. The summed E-state index contributed by atoms with van der Waals surface area (Å²) in [5.74, 6) is -0.508. The molecule has 29 heavy (non-hydrogen) atoms. The molecule has 0 radical (unpaired) electrons. The summed E-state index contributed by atoms with van der Waals surface area (Å²) in [6.45, 7) is 1.24. The third-order valence-electron chi connectivity index (χ3n) is 3.15. The van der Waals surface area contributed by atoms with Gasteiger partial charge in [-0.1, -0.05) is 0 Å². The van der Waals surface area contributed by atoms with Gasteiger partial charge in [0.25, 0.3) is 20.2 Å². The zero-order valence-corrected chi connectivity index (χ0v) is 16.1. The summed E-state index contributed by atoms with van der Waals surface area (Å²) >= 11 is 0. The number of pyridine rings is 1. The molecule has 1 aromatic heterocycles. The number of nitrogens with zero attached hydrogens (tertiary/aromatic N) is 3. The first-order chi connectivity index (χ1) is 13.4. The topological polar surface area (TPSA) is 205 Å². The Morgan fingerprint density at radius 2 is 1.69 bits per heavy atom. The number of amides is 2. The third kappa shape index (κ3) is 5.85. The molecule has 0 atom stereocenters. The van der Waals surface area contributed by atoms with Gasteiger partial charge in [-0.25, -0.2) is 4.98 Å². The molecule has 0 fully saturated rings. The van der Waals surface area contributed by atoms with Crippen LogP contribution in [-0.4, -0.2) is 43.2 Å². The summed E-state index contributed by atoms with van der Waals surface area (Å²) in [6, 6.07) is 4.72. The zero-order valence-electron chi connectivity index (χ0n) is 14.5. The number of hydrogen-bond donors (Lipinski definition) is 4. The van der Waals surface area contributed by atoms with Gasteiger partial charge in [0.15, 0.2) is 5.82 Å². The van der Waals surface area contributed by atoms with Crippen molar-refractivity contribution in [3.8, 4) is 0 Å². The van der Waals surface area contributed by atoms with E-state index in [-0.39, 0.29) is 23.7 Å². The van der Waals surface area contributed by atoms with E-state index in [0.29, 0.717) is 6.07 Å². The van der Waals surface area contributed by atoms with Gasteiger partial charge >= 0.3 is 0 Å². The van der Waals surface area contributed by atoms with E-state index in [1.807, 2.05) is 0 Å². The SMILES string of the molecule is CC(=O)Nc1ccc(N=Nc2cc(S(=O)(=O)O)ccc2S(=O)(=O)O)c(NC=O)n1. The van der Waals surface area contributed by atoms with E-state index in [2.05, 4.69) is 25.8 Å². The molecule has 0 bridgehead atoms. The molecule has 2 rings (SSSR count). The number of rotatable bonds is 7. The molecule has 0 aliphatic rings. The molecule has 154 valence electrons. The maximum absolute atomic E-state index is 11.5. The molecular weight excluding hydrogens is 430 g/mol. The summed E-state index contributed by atoms with van der Waals surface area (Å²) in [5, 5.41) is 11.8. The number of hydrogen-bond acceptors (Lipinski definition) is 9. The third-order valence-corrected chi connectivity index (χ3v) is 4.90. The fourth-order valence-corrected chi connectivity index (χ4v) is 3.11. The molecule has 0 saturated heterocycles. The number of benzene rings is 1. The van der Waals surface area contributed by atoms with Crippen molar-refractivity contribution in [2.24, 2.45) is 10.2 Å². The highest BCUT2D eigenvalue weighted by molar-refractivity contribution is 7.86. The number of azo groups is 1. The van der Waals surface area contributed by atoms with Crippen LogP contribution in [0.5, 0.6) is 0 Å². The first-order valence-corrected chi connectivity index (χ1v) is 10.3. The Labute approximate surface area is 164 Å². The summed E-state index contributed by atoms with van der Waals surface area (Å²) in [5.41, 5.74) is -0.699. The number of nitrogens with one attached hydrogen (secondary N) is 2. The van der Waals surface area contributed by atoms with Crippen molar-refractivity contribution in [2.45, 2.75) is 16.7 Å². The molecule has 13 nitrogen and oxygen atoms in total. The summed E-state index contributed by atoms with van der Waals surface area (Å²) in [7, 11) is -9.50. The molecular formula is C14H13N5O8S2. The number of anilines is 2. The molecule has 15 heteroatoms. The lowest BCUT2D eigenvalue weighted by atomic mass is 10.3. The molecule has 0 unspecified atom stereocenters. The van der Waals surface area contributed by atoms with Crippen molar-refractivity contribution in [2.75, 3.05) is 10.6 Å². The van der Waals surface area contributed by atoms with Crippen LogP contribution in [0.3, 0.4) is 0 Å². The Morgan fingerprint density at radius 1 is 1.03 bits per heavy atom. The molecule has 0 spiro atoms. The van der Waals surface area contributed by atoms with Gasteiger partial charge in [-0.3, -0.25) is 18.7 Å². The van der Waals surface area contributed by atoms with Crippen LogP contribution in [-0.2, 0) is 29.8 Å². The van der Waals surface area contributed by atoms with Gasteiger partial charge in [0.05, 0.1) is 4.90 Å². The Balaban J connectivity index is 2.57. The van der Waals surface area contributed by atoms with Gasteiger partial charge in [0, 0.05) is 6.92 Å². The quantitative estimate of drug-likeness (QED) is 0.277. The van der Waals surface area contributed by atoms with Gasteiger partial charge in [0.2, 0.25) is 12.3 Å². The highest BCUT2D eigenvalue weighted by Gasteiger charge is 2.20. The molecule has 0 aliphatic carbocycles. The van der Waals surface area contributed by atoms with Crippen molar-refractivity contribution >= 4 is 55.6 Å². The average molecular weight is 443 g/mol. The van der Waals surface area contributed by atoms with Gasteiger partial charge in [-0.15, -0.1) is 10.2 Å². The highest BCUT2D eigenvalue weighted by Crippen LogP contribution is 2.31. The lowest BCUT2D eigenvalue weighted by Crippen LogP contribution is -2.08. The van der Waals surface area contributed by atoms with E-state index in [0.717, 1.165) is 12.1 Å². The second kappa shape index (κ2) is 8.39. The molecule has 1 heterocycles. The minimum absolute atomic E-state index is 0.0767. The Morgan fingerprint density at radius 3 is 2.24 bits per heavy atom. The van der Waals surface area contributed by atoms with Crippen LogP contribution >= 0.6 is 0 Å². The van der Waals surface area contributed by atoms with Crippen LogP contribution < -0.4 is 10.6 Å². The van der Waals surface area contributed by atoms with E-state index in [9.17, 15) is 31.0 Å². The van der Waals surface area contributed by atoms with Gasteiger partial charge in [-0.2, -0.15) is 16.8 Å². The maximum atomic E-state index is 11.5. The van der Waals surface area contributed by atoms with E-state index < -0.39 is 41.6 Å². The normalized spacial score (nSPS) is 12.0. The van der Waals surface area contributed by atoms with Crippen LogP contribution in [0.25, 0.3) is 0 Å². The lowest BCUT2D eigenvalue weighted by molar-refractivity contribution is -0.114. The van der Waals surface area contributed by atoms with Crippen LogP contribution in [0.1, 0.15) is 6.92 Å². The lowest BCUT2D eigenvalue weighted by Gasteiger charge is -2.07. The Hall–Kier alpha value is -3.27. The average Bonchev–Trinajstić information content (AvgIpc) is 2.59. The second-order valence-corrected chi connectivity index (χ2v) is 8.10. The van der Waals surface area contributed by atoms with E-state index in [1.165, 1.54) is 19.1 Å². The summed E-state index contributed by atoms with van der Waals surface area (Å²) < 4.78 is 63.8. The zero-order chi connectivity index (χ0) is 21.8. The summed E-state index contributed by atoms with van der Waals surface area (Å²) in [6.07, 6.45) is 0.265. The van der Waals surface area contributed by atoms with Crippen molar-refractivity contribution in [3.05, 3.63) is 30.3 Å². The summed E-state index contributed by atoms with van der Waals surface area (Å²) in [4.78, 5) is 24.3. The van der Waals surface area contributed by atoms with Crippen molar-refractivity contribution in [1.29, 1.82) is 0 Å². The fraction of sp³-hybridized carbons (Fsp3) is 0.0714. The first kappa shape index (κ1) is 22.0. The molecule has 4 N–H and O–H groups in total. The number of carbonyl (C=O) groups excluding carboxylic acids is 2. The van der Waals surface area contributed by atoms with Crippen LogP contribution in [0.2, 0.25) is 0 Å². The van der Waals surface area contributed by atoms with E-state index >= 15 is 0 Å². The fourth-order valence-electron chi connectivity index (χ4n) is 2.01. The van der Waals surface area contributed by atoms with Gasteiger partial charge in [0.1, 0.15) is 22.1 Å². The Kier molecular flexibility index (Phi) is 6.38. The minimum Gasteiger partial charge on any atom is -0.311 e. The Bertz CT molecular complexity index is 1210. The maximum Gasteiger partial charge on any atom is 0.296 e. The number of carbonyl (C=O) groups is 2. The molecule has 0 saturated carbocycles. The van der Waals surface area contributed by atoms with Gasteiger partial charge in [-0.05, 0) is 30.3 Å². The standard InChI is InChI=1S/C14H13N5O8S2/c1-8(21)16-13-5-3-10(14(17-13)15-7-20)18-19-11-6-9(28(22,23)24)2-4-12(11)29(25,26)27/h2-7H,1H3,(H,22,23,24)(H,25,26,27)(H2,15,16,17,20,21). The van der Waals surface area contributed by atoms with Crippen molar-refractivity contribution in [3.63, 3.8) is 0 Å². The van der Waals surface area contributed by atoms with Crippen molar-refractivity contribution < 1.29 is 35.5 Å². The largest absolute Gasteiger partial charge is 0.311 e. The van der Waals surface area contributed by atoms with Crippen molar-refractivity contribution in [1.82, 2.24) is 4.98 Å². The monoisotopic (exact) mass is 443 g/mol. The predicted molar refractivity (Wildman–Crippen MR) is 98.5 cm³/mol. The van der Waals surface area contributed by atoms with Crippen LogP contribution in [0.15, 0.2) is 50.4 Å². The van der Waals surface area contributed by atoms with E-state index in [4.69, 9.17) is 4.55 Å². The first-order valence-electron chi connectivity index (χ1n) is 7.41. The molecule has 2 amide bonds. The second-order valence-electron chi connectivity index (χ2n) is 5.29.